The van der Waals surface area contributed by atoms with E-state index < -0.39 is 170 Å². The van der Waals surface area contributed by atoms with E-state index in [1.807, 2.05) is 0 Å². The van der Waals surface area contributed by atoms with Crippen LogP contribution in [-0.4, -0.2) is 102 Å². The normalized spacial score (nSPS) is 12.9. The Morgan fingerprint density at radius 1 is 0.254 bits per heavy atom. The number of benzene rings is 9. The van der Waals surface area contributed by atoms with Crippen LogP contribution < -0.4 is 0 Å². The molecule has 0 spiro atoms. The van der Waals surface area contributed by atoms with E-state index in [0.29, 0.717) is 12.8 Å². The predicted molar refractivity (Wildman–Crippen MR) is 236 cm³/mol. The van der Waals surface area contributed by atoms with Gasteiger partial charge in [0.15, 0.2) is 69.0 Å². The van der Waals surface area contributed by atoms with E-state index in [2.05, 4.69) is 0 Å². The van der Waals surface area contributed by atoms with Crippen molar-refractivity contribution in [2.24, 2.45) is 0 Å². The van der Waals surface area contributed by atoms with Crippen molar-refractivity contribution in [2.45, 2.75) is 18.8 Å². The van der Waals surface area contributed by atoms with Crippen molar-refractivity contribution in [3.05, 3.63) is 48.0 Å². The van der Waals surface area contributed by atoms with Crippen LogP contribution in [0.1, 0.15) is 24.3 Å². The molecule has 0 unspecified atom stereocenters. The van der Waals surface area contributed by atoms with Gasteiger partial charge >= 0.3 is 0 Å². The highest BCUT2D eigenvalue weighted by atomic mass is 16.4. The third-order valence-corrected chi connectivity index (χ3v) is 12.6. The fraction of sp³-hybridized carbons (Fsp3) is 0.0638. The molecule has 1 saturated carbocycles. The maximum absolute atomic E-state index is 12.1. The molecule has 10 rings (SSSR count). The van der Waals surface area contributed by atoms with Gasteiger partial charge in [0.25, 0.3) is 0 Å². The first-order valence-electron chi connectivity index (χ1n) is 19.6. The maximum Gasteiger partial charge on any atom is 0.205 e. The summed E-state index contributed by atoms with van der Waals surface area (Å²) in [5.41, 5.74) is -3.14. The lowest BCUT2D eigenvalue weighted by Crippen LogP contribution is -1.96. The summed E-state index contributed by atoms with van der Waals surface area (Å²) in [4.78, 5) is 0. The summed E-state index contributed by atoms with van der Waals surface area (Å²) in [5.74, 6) is -24.4. The zero-order valence-corrected chi connectivity index (χ0v) is 33.5. The molecule has 0 aliphatic heterocycles. The Balaban J connectivity index is 1.46. The summed E-state index contributed by atoms with van der Waals surface area (Å²) >= 11 is 0. The van der Waals surface area contributed by atoms with Crippen molar-refractivity contribution in [1.82, 2.24) is 0 Å². The van der Waals surface area contributed by atoms with E-state index in [1.54, 1.807) is 0 Å². The molecule has 1 aliphatic rings. The van der Waals surface area contributed by atoms with Crippen molar-refractivity contribution < 1.29 is 102 Å². The quantitative estimate of drug-likeness (QED) is 0.0463. The molecule has 0 saturated heterocycles. The van der Waals surface area contributed by atoms with Crippen LogP contribution in [0.3, 0.4) is 0 Å². The lowest BCUT2D eigenvalue weighted by Gasteiger charge is -2.23. The Labute approximate surface area is 370 Å². The van der Waals surface area contributed by atoms with E-state index >= 15 is 0 Å². The molecule has 20 nitrogen and oxygen atoms in total. The van der Waals surface area contributed by atoms with Crippen LogP contribution in [0.15, 0.2) is 42.5 Å². The number of phenolic OH excluding ortho intramolecular Hbond substituents is 20. The van der Waals surface area contributed by atoms with Crippen molar-refractivity contribution in [3.63, 3.8) is 0 Å². The summed E-state index contributed by atoms with van der Waals surface area (Å²) in [6.45, 7) is 0. The Morgan fingerprint density at radius 3 is 1.01 bits per heavy atom. The minimum Gasteiger partial charge on any atom is -0.507 e. The van der Waals surface area contributed by atoms with Crippen LogP contribution in [0.5, 0.6) is 115 Å². The zero-order valence-electron chi connectivity index (χ0n) is 33.5. The topological polar surface area (TPSA) is 405 Å². The fourth-order valence-electron chi connectivity index (χ4n) is 9.32. The fourth-order valence-corrected chi connectivity index (χ4v) is 9.32. The summed E-state index contributed by atoms with van der Waals surface area (Å²) in [6.07, 6.45) is 0.899. The highest BCUT2D eigenvalue weighted by molar-refractivity contribution is 6.27. The molecule has 9 aromatic rings. The number of aromatic hydroxyl groups is 20. The second-order valence-corrected chi connectivity index (χ2v) is 16.1. The van der Waals surface area contributed by atoms with Gasteiger partial charge in [-0.15, -0.1) is 0 Å². The standard InChI is InChI=1S/C47H32O20/c48-28-17(10-5-6-10)32(52)35(55)23-20(28)16(31(51)43(63)38(23)58)11-7-8-14-15(9-11)19(22-30(50)25-27(37(57)34(22)54)42(62)47(67)45(65)40(25)60)13-4-2-1-3-12(13)18(14)21-29(49)24-26(36(56)33(21)53)41(61)46(66)44(64)39(24)59/h1-4,7-10,48-67H,5-6H2. The average Bonchev–Trinajstić information content (AvgIpc) is 4.15. The second kappa shape index (κ2) is 13.4. The first-order chi connectivity index (χ1) is 31.6. The van der Waals surface area contributed by atoms with Gasteiger partial charge in [0, 0.05) is 27.6 Å². The average molecular weight is 917 g/mol. The Hall–Kier alpha value is -9.72. The highest BCUT2D eigenvalue weighted by Crippen LogP contribution is 2.65. The Kier molecular flexibility index (Phi) is 8.26. The zero-order chi connectivity index (χ0) is 48.3. The van der Waals surface area contributed by atoms with Crippen LogP contribution in [0.25, 0.3) is 87.2 Å². The molecule has 20 N–H and O–H groups in total. The van der Waals surface area contributed by atoms with Crippen LogP contribution in [0, 0.1) is 0 Å². The van der Waals surface area contributed by atoms with E-state index in [1.165, 1.54) is 36.4 Å². The number of phenols is 20. The van der Waals surface area contributed by atoms with E-state index in [9.17, 15) is 102 Å². The predicted octanol–water partition coefficient (Wildman–Crippen LogP) is 7.44. The van der Waals surface area contributed by atoms with Crippen LogP contribution in [0.4, 0.5) is 0 Å². The lowest BCUT2D eigenvalue weighted by atomic mass is 9.82. The largest absolute Gasteiger partial charge is 0.507 e. The van der Waals surface area contributed by atoms with Gasteiger partial charge in [0.1, 0.15) is 17.2 Å². The maximum atomic E-state index is 12.1. The van der Waals surface area contributed by atoms with Gasteiger partial charge in [-0.25, -0.2) is 0 Å². The molecule has 20 heteroatoms. The molecule has 0 heterocycles. The molecule has 1 fully saturated rings. The summed E-state index contributed by atoms with van der Waals surface area (Å²) < 4.78 is 0. The molecule has 0 radical (unpaired) electrons. The van der Waals surface area contributed by atoms with E-state index in [4.69, 9.17) is 0 Å². The molecule has 0 amide bonds. The van der Waals surface area contributed by atoms with Gasteiger partial charge < -0.3 is 102 Å². The number of hydrogen-bond acceptors (Lipinski definition) is 20. The molecule has 0 bridgehead atoms. The molecular formula is C47H32O20. The first-order valence-corrected chi connectivity index (χ1v) is 19.6. The monoisotopic (exact) mass is 916 g/mol. The minimum absolute atomic E-state index is 0.0875. The van der Waals surface area contributed by atoms with Gasteiger partial charge in [0.2, 0.25) is 28.7 Å². The van der Waals surface area contributed by atoms with Crippen molar-refractivity contribution >= 4 is 53.9 Å². The van der Waals surface area contributed by atoms with E-state index in [0.717, 1.165) is 6.07 Å². The molecule has 9 aromatic carbocycles. The molecular weight excluding hydrogens is 884 g/mol. The molecule has 1 aliphatic carbocycles. The van der Waals surface area contributed by atoms with Crippen molar-refractivity contribution in [2.75, 3.05) is 0 Å². The van der Waals surface area contributed by atoms with Crippen molar-refractivity contribution in [1.29, 1.82) is 0 Å². The third-order valence-electron chi connectivity index (χ3n) is 12.6. The molecule has 0 aromatic heterocycles. The van der Waals surface area contributed by atoms with Gasteiger partial charge in [-0.05, 0) is 51.9 Å². The lowest BCUT2D eigenvalue weighted by molar-refractivity contribution is 0.347. The summed E-state index contributed by atoms with van der Waals surface area (Å²) in [6, 6.07) is 9.02. The number of rotatable bonds is 4. The van der Waals surface area contributed by atoms with E-state index in [-0.39, 0.29) is 43.8 Å². The molecule has 340 valence electrons. The highest BCUT2D eigenvalue weighted by Gasteiger charge is 2.38. The Morgan fingerprint density at radius 2 is 0.582 bits per heavy atom. The van der Waals surface area contributed by atoms with Crippen LogP contribution >= 0.6 is 0 Å². The Bertz CT molecular complexity index is 3820. The van der Waals surface area contributed by atoms with Crippen LogP contribution in [-0.2, 0) is 0 Å². The van der Waals surface area contributed by atoms with Crippen LogP contribution in [0.2, 0.25) is 0 Å². The van der Waals surface area contributed by atoms with Gasteiger partial charge in [-0.3, -0.25) is 0 Å². The van der Waals surface area contributed by atoms with Crippen molar-refractivity contribution in [3.8, 4) is 148 Å². The molecule has 0 atom stereocenters. The summed E-state index contributed by atoms with van der Waals surface area (Å²) in [7, 11) is 0. The summed E-state index contributed by atoms with van der Waals surface area (Å²) in [5, 5.41) is 218. The van der Waals surface area contributed by atoms with Gasteiger partial charge in [-0.2, -0.15) is 0 Å². The number of fused-ring (bicyclic) bond motifs is 5. The number of hydrogen-bond donors (Lipinski definition) is 20. The molecule has 67 heavy (non-hydrogen) atoms. The first kappa shape index (κ1) is 41.3. The van der Waals surface area contributed by atoms with Gasteiger partial charge in [0.05, 0.1) is 38.1 Å². The minimum atomic E-state index is -1.37. The van der Waals surface area contributed by atoms with Gasteiger partial charge in [-0.1, -0.05) is 36.4 Å². The second-order valence-electron chi connectivity index (χ2n) is 16.1. The SMILES string of the molecule is Oc1c(O)c(O)c2c(O)c(-c3c4ccccc4c(-c4c(O)c(O)c5c(O)c(O)c(O)c(O)c5c4O)c4cc(-c5c(O)c(O)c(O)c6c(O)c(O)c(C7CC7)c(O)c56)ccc34)c(O)c(O)c2c1O. The smallest absolute Gasteiger partial charge is 0.205 e. The third kappa shape index (κ3) is 5.05.